The third-order valence-electron chi connectivity index (χ3n) is 6.68. The van der Waals surface area contributed by atoms with Gasteiger partial charge < -0.3 is 10.1 Å². The molecular formula is C28H22ClF3N2O3. The zero-order valence-corrected chi connectivity index (χ0v) is 20.4. The van der Waals surface area contributed by atoms with Crippen LogP contribution in [0.3, 0.4) is 0 Å². The van der Waals surface area contributed by atoms with Crippen LogP contribution in [-0.4, -0.2) is 25.0 Å². The highest BCUT2D eigenvalue weighted by molar-refractivity contribution is 6.31. The number of hydrogen-bond acceptors (Lipinski definition) is 4. The zero-order chi connectivity index (χ0) is 26.3. The highest BCUT2D eigenvalue weighted by Crippen LogP contribution is 2.49. The number of carbonyl (C=O) groups is 2. The van der Waals surface area contributed by atoms with Crippen LogP contribution in [0.25, 0.3) is 0 Å². The van der Waals surface area contributed by atoms with Crippen molar-refractivity contribution in [3.63, 3.8) is 0 Å². The lowest BCUT2D eigenvalue weighted by Crippen LogP contribution is -2.45. The lowest BCUT2D eigenvalue weighted by atomic mass is 9.78. The summed E-state index contributed by atoms with van der Waals surface area (Å²) in [6, 6.07) is 18.8. The number of ketones is 1. The van der Waals surface area contributed by atoms with Gasteiger partial charge in [-0.05, 0) is 53.8 Å². The van der Waals surface area contributed by atoms with Crippen molar-refractivity contribution in [3.8, 4) is 5.75 Å². The van der Waals surface area contributed by atoms with E-state index < -0.39 is 18.1 Å². The summed E-state index contributed by atoms with van der Waals surface area (Å²) in [5.41, 5.74) is 2.02. The summed E-state index contributed by atoms with van der Waals surface area (Å²) in [6.07, 6.45) is -4.73. The fourth-order valence-electron chi connectivity index (χ4n) is 5.07. The van der Waals surface area contributed by atoms with Crippen molar-refractivity contribution in [3.05, 3.63) is 100 Å². The summed E-state index contributed by atoms with van der Waals surface area (Å²) in [4.78, 5) is 27.4. The minimum atomic E-state index is -5.19. The number of nitrogens with zero attached hydrogens (tertiary/aromatic N) is 1. The fourth-order valence-corrected chi connectivity index (χ4v) is 5.24. The molecule has 3 aromatic rings. The molecule has 0 unspecified atom stereocenters. The first-order valence-corrected chi connectivity index (χ1v) is 12.0. The lowest BCUT2D eigenvalue weighted by molar-refractivity contribution is -0.170. The van der Waals surface area contributed by atoms with E-state index in [-0.39, 0.29) is 40.1 Å². The van der Waals surface area contributed by atoms with Gasteiger partial charge in [0, 0.05) is 22.7 Å². The number of hydrogen-bond donors (Lipinski definition) is 1. The van der Waals surface area contributed by atoms with Crippen molar-refractivity contribution in [2.45, 2.75) is 31.0 Å². The van der Waals surface area contributed by atoms with Crippen molar-refractivity contribution in [2.75, 3.05) is 17.3 Å². The molecule has 0 radical (unpaired) electrons. The van der Waals surface area contributed by atoms with Crippen LogP contribution in [-0.2, 0) is 9.59 Å². The zero-order valence-electron chi connectivity index (χ0n) is 19.7. The van der Waals surface area contributed by atoms with Crippen LogP contribution in [0.4, 0.5) is 24.5 Å². The number of benzene rings is 3. The number of halogens is 4. The van der Waals surface area contributed by atoms with Gasteiger partial charge in [-0.2, -0.15) is 13.2 Å². The van der Waals surface area contributed by atoms with Crippen LogP contribution >= 0.6 is 11.6 Å². The lowest BCUT2D eigenvalue weighted by Gasteiger charge is -2.35. The van der Waals surface area contributed by atoms with Crippen molar-refractivity contribution < 1.29 is 27.5 Å². The Morgan fingerprint density at radius 1 is 1.00 bits per heavy atom. The number of ether oxygens (including phenoxy) is 1. The molecule has 190 valence electrons. The monoisotopic (exact) mass is 526 g/mol. The third-order valence-corrected chi connectivity index (χ3v) is 6.92. The Morgan fingerprint density at radius 3 is 2.43 bits per heavy atom. The molecule has 0 aromatic heterocycles. The van der Waals surface area contributed by atoms with Gasteiger partial charge in [0.15, 0.2) is 5.78 Å². The van der Waals surface area contributed by atoms with Crippen LogP contribution in [0.15, 0.2) is 84.1 Å². The van der Waals surface area contributed by atoms with Crippen molar-refractivity contribution in [2.24, 2.45) is 0 Å². The van der Waals surface area contributed by atoms with Gasteiger partial charge in [0.2, 0.25) is 0 Å². The number of amides is 1. The molecule has 0 bridgehead atoms. The van der Waals surface area contributed by atoms with Crippen LogP contribution in [0, 0.1) is 0 Å². The van der Waals surface area contributed by atoms with Gasteiger partial charge in [-0.25, -0.2) is 0 Å². The predicted octanol–water partition coefficient (Wildman–Crippen LogP) is 6.81. The molecule has 1 heterocycles. The molecule has 3 aromatic carbocycles. The second kappa shape index (κ2) is 9.59. The van der Waals surface area contributed by atoms with Crippen LogP contribution in [0.1, 0.15) is 35.9 Å². The molecule has 1 N–H and O–H groups in total. The largest absolute Gasteiger partial charge is 0.497 e. The summed E-state index contributed by atoms with van der Waals surface area (Å²) >= 11 is 6.20. The number of alkyl halides is 3. The Balaban J connectivity index is 1.77. The first kappa shape index (κ1) is 24.9. The molecule has 37 heavy (non-hydrogen) atoms. The highest BCUT2D eigenvalue weighted by atomic mass is 35.5. The van der Waals surface area contributed by atoms with E-state index in [1.807, 2.05) is 30.3 Å². The normalized spacial score (nSPS) is 19.5. The maximum Gasteiger partial charge on any atom is 0.471 e. The second-order valence-electron chi connectivity index (χ2n) is 8.97. The number of nitrogens with one attached hydrogen (secondary N) is 1. The van der Waals surface area contributed by atoms with E-state index in [1.165, 1.54) is 25.3 Å². The first-order chi connectivity index (χ1) is 17.7. The summed E-state index contributed by atoms with van der Waals surface area (Å²) in [6.45, 7) is 0. The standard InChI is InChI=1S/C28H22ClF3N2O3/c1-37-20-9-5-8-17(12-20)26-25-22(13-18(14-24(25)35)16-6-3-2-4-7-16)33-21-15-19(29)10-11-23(21)34(26)27(36)28(30,31)32/h2-12,15,18,26,33H,13-14H2,1H3/t18-,26+/m0/s1. The molecule has 1 aliphatic carbocycles. The van der Waals surface area contributed by atoms with Crippen molar-refractivity contribution in [1.82, 2.24) is 0 Å². The van der Waals surface area contributed by atoms with Gasteiger partial charge in [0.25, 0.3) is 0 Å². The molecule has 5 rings (SSSR count). The number of allylic oxidation sites excluding steroid dienone is 1. The van der Waals surface area contributed by atoms with E-state index in [0.717, 1.165) is 5.56 Å². The van der Waals surface area contributed by atoms with E-state index in [1.54, 1.807) is 24.3 Å². The molecular weight excluding hydrogens is 505 g/mol. The molecule has 0 fully saturated rings. The van der Waals surface area contributed by atoms with Gasteiger partial charge in [-0.1, -0.05) is 54.1 Å². The van der Waals surface area contributed by atoms with Gasteiger partial charge in [0.1, 0.15) is 5.75 Å². The van der Waals surface area contributed by atoms with Crippen LogP contribution in [0.5, 0.6) is 5.75 Å². The number of Topliss-reactive ketones (excluding diaryl/α,β-unsaturated/α-hetero) is 1. The molecule has 0 saturated carbocycles. The number of anilines is 2. The van der Waals surface area contributed by atoms with E-state index in [0.29, 0.717) is 28.3 Å². The van der Waals surface area contributed by atoms with Gasteiger partial charge in [-0.15, -0.1) is 0 Å². The van der Waals surface area contributed by atoms with Crippen molar-refractivity contribution in [1.29, 1.82) is 0 Å². The summed E-state index contributed by atoms with van der Waals surface area (Å²) < 4.78 is 47.3. The van der Waals surface area contributed by atoms with Crippen LogP contribution in [0.2, 0.25) is 5.02 Å². The van der Waals surface area contributed by atoms with E-state index >= 15 is 0 Å². The average molecular weight is 527 g/mol. The quantitative estimate of drug-likeness (QED) is 0.407. The number of carbonyl (C=O) groups excluding carboxylic acids is 2. The summed E-state index contributed by atoms with van der Waals surface area (Å²) in [5.74, 6) is -2.22. The van der Waals surface area contributed by atoms with Gasteiger partial charge >= 0.3 is 12.1 Å². The predicted molar refractivity (Wildman–Crippen MR) is 135 cm³/mol. The maximum atomic E-state index is 14.0. The Hall–Kier alpha value is -3.78. The summed E-state index contributed by atoms with van der Waals surface area (Å²) in [5, 5.41) is 3.45. The third kappa shape index (κ3) is 4.69. The van der Waals surface area contributed by atoms with E-state index in [4.69, 9.17) is 16.3 Å². The number of rotatable bonds is 3. The molecule has 2 atom stereocenters. The molecule has 5 nitrogen and oxygen atoms in total. The van der Waals surface area contributed by atoms with E-state index in [9.17, 15) is 22.8 Å². The Kier molecular flexibility index (Phi) is 6.45. The SMILES string of the molecule is COc1cccc([C@@H]2C3=C(C[C@H](c4ccccc4)CC3=O)Nc3cc(Cl)ccc3N2C(=O)C(F)(F)F)c1. The summed E-state index contributed by atoms with van der Waals surface area (Å²) in [7, 11) is 1.44. The minimum absolute atomic E-state index is 0.0296. The number of methoxy groups -OCH3 is 1. The van der Waals surface area contributed by atoms with Gasteiger partial charge in [0.05, 0.1) is 24.5 Å². The number of fused-ring (bicyclic) bond motifs is 1. The Labute approximate surface area is 216 Å². The minimum Gasteiger partial charge on any atom is -0.497 e. The fraction of sp³-hybridized carbons (Fsp3) is 0.214. The Bertz CT molecular complexity index is 1410. The maximum absolute atomic E-state index is 14.0. The Morgan fingerprint density at radius 2 is 1.73 bits per heavy atom. The molecule has 2 aliphatic rings. The highest BCUT2D eigenvalue weighted by Gasteiger charge is 2.50. The van der Waals surface area contributed by atoms with Crippen molar-refractivity contribution >= 4 is 34.7 Å². The smallest absolute Gasteiger partial charge is 0.471 e. The molecule has 0 saturated heterocycles. The average Bonchev–Trinajstić information content (AvgIpc) is 3.02. The molecule has 9 heteroatoms. The van der Waals surface area contributed by atoms with Gasteiger partial charge in [-0.3, -0.25) is 14.5 Å². The van der Waals surface area contributed by atoms with Crippen LogP contribution < -0.4 is 15.0 Å². The first-order valence-electron chi connectivity index (χ1n) is 11.6. The second-order valence-corrected chi connectivity index (χ2v) is 9.41. The van der Waals surface area contributed by atoms with E-state index in [2.05, 4.69) is 5.32 Å². The molecule has 1 amide bonds. The molecule has 0 spiro atoms. The molecule has 1 aliphatic heterocycles. The topological polar surface area (TPSA) is 58.6 Å².